The van der Waals surface area contributed by atoms with Crippen molar-refractivity contribution in [1.29, 1.82) is 0 Å². The molecule has 0 aliphatic heterocycles. The zero-order valence-corrected chi connectivity index (χ0v) is 21.6. The van der Waals surface area contributed by atoms with Crippen molar-refractivity contribution >= 4 is 11.9 Å². The molecule has 2 N–H and O–H groups in total. The van der Waals surface area contributed by atoms with E-state index in [-0.39, 0.29) is 24.9 Å². The molecule has 0 radical (unpaired) electrons. The lowest BCUT2D eigenvalue weighted by molar-refractivity contribution is -0.151. The highest BCUT2D eigenvalue weighted by molar-refractivity contribution is 5.88. The first-order chi connectivity index (χ1) is 18.1. The number of aliphatic hydroxyl groups is 1. The number of carbonyl (C=O) groups is 2. The van der Waals surface area contributed by atoms with E-state index >= 15 is 0 Å². The van der Waals surface area contributed by atoms with E-state index in [0.29, 0.717) is 5.56 Å². The second-order valence-corrected chi connectivity index (χ2v) is 9.77. The van der Waals surface area contributed by atoms with Gasteiger partial charge in [-0.05, 0) is 34.2 Å². The largest absolute Gasteiger partial charge is 0.464 e. The summed E-state index contributed by atoms with van der Waals surface area (Å²) in [6, 6.07) is 24.0. The van der Waals surface area contributed by atoms with Gasteiger partial charge in [0.1, 0.15) is 6.10 Å². The Bertz CT molecular complexity index is 1130. The van der Waals surface area contributed by atoms with E-state index in [1.807, 2.05) is 30.3 Å². The van der Waals surface area contributed by atoms with Gasteiger partial charge >= 0.3 is 5.97 Å². The molecule has 2 atom stereocenters. The Morgan fingerprint density at radius 1 is 0.811 bits per heavy atom. The van der Waals surface area contributed by atoms with Gasteiger partial charge in [0.15, 0.2) is 6.04 Å². The summed E-state index contributed by atoms with van der Waals surface area (Å²) in [6.45, 7) is 2.46. The molecule has 3 aromatic carbocycles. The Kier molecular flexibility index (Phi) is 9.50. The zero-order chi connectivity index (χ0) is 26.0. The van der Waals surface area contributed by atoms with Crippen LogP contribution in [0.25, 0.3) is 11.1 Å². The van der Waals surface area contributed by atoms with Crippen LogP contribution in [-0.2, 0) is 14.3 Å². The van der Waals surface area contributed by atoms with Gasteiger partial charge in [0, 0.05) is 12.3 Å². The van der Waals surface area contributed by atoms with Crippen LogP contribution in [0, 0.1) is 0 Å². The van der Waals surface area contributed by atoms with Crippen molar-refractivity contribution in [2.75, 3.05) is 6.61 Å². The van der Waals surface area contributed by atoms with Crippen molar-refractivity contribution < 1.29 is 19.4 Å². The summed E-state index contributed by atoms with van der Waals surface area (Å²) in [6.07, 6.45) is 5.44. The normalized spacial score (nSPS) is 13.9. The molecule has 5 nitrogen and oxygen atoms in total. The van der Waals surface area contributed by atoms with Crippen molar-refractivity contribution in [3.8, 4) is 11.1 Å². The predicted molar refractivity (Wildman–Crippen MR) is 146 cm³/mol. The second kappa shape index (κ2) is 13.2. The van der Waals surface area contributed by atoms with Crippen LogP contribution in [0.3, 0.4) is 0 Å². The number of nitrogens with one attached hydrogen (secondary N) is 1. The molecule has 0 heterocycles. The van der Waals surface area contributed by atoms with E-state index in [9.17, 15) is 14.7 Å². The summed E-state index contributed by atoms with van der Waals surface area (Å²) in [5.41, 5.74) is 5.03. The standard InChI is InChI=1S/C32H37NO4/c1-2-3-4-5-6-14-21-37-32(36)30(31(35)23-15-8-7-9-16-23)33-29(34)22-28-26-19-12-10-17-24(26)25-18-11-13-20-27(25)28/h7-13,15-20,28,30-31,35H,2-6,14,21-22H2,1H3,(H,33,34). The Labute approximate surface area is 219 Å². The van der Waals surface area contributed by atoms with Gasteiger partial charge in [0.25, 0.3) is 0 Å². The summed E-state index contributed by atoms with van der Waals surface area (Å²) in [7, 11) is 0. The van der Waals surface area contributed by atoms with E-state index < -0.39 is 18.1 Å². The summed E-state index contributed by atoms with van der Waals surface area (Å²) < 4.78 is 5.52. The minimum atomic E-state index is -1.20. The van der Waals surface area contributed by atoms with Crippen LogP contribution in [-0.4, -0.2) is 29.6 Å². The maximum atomic E-state index is 13.3. The number of ether oxygens (including phenoxy) is 1. The number of fused-ring (bicyclic) bond motifs is 3. The van der Waals surface area contributed by atoms with Gasteiger partial charge in [-0.2, -0.15) is 0 Å². The molecular formula is C32H37NO4. The molecule has 0 saturated carbocycles. The first-order valence-corrected chi connectivity index (χ1v) is 13.5. The maximum absolute atomic E-state index is 13.3. The van der Waals surface area contributed by atoms with E-state index in [4.69, 9.17) is 4.74 Å². The minimum absolute atomic E-state index is 0.110. The van der Waals surface area contributed by atoms with Crippen molar-refractivity contribution in [2.24, 2.45) is 0 Å². The average molecular weight is 500 g/mol. The first-order valence-electron chi connectivity index (χ1n) is 13.5. The van der Waals surface area contributed by atoms with Gasteiger partial charge in [-0.25, -0.2) is 4.79 Å². The Morgan fingerprint density at radius 3 is 2.03 bits per heavy atom. The molecule has 2 unspecified atom stereocenters. The fourth-order valence-electron chi connectivity index (χ4n) is 5.15. The second-order valence-electron chi connectivity index (χ2n) is 9.77. The molecule has 0 aromatic heterocycles. The Morgan fingerprint density at radius 2 is 1.38 bits per heavy atom. The summed E-state index contributed by atoms with van der Waals surface area (Å²) in [5.74, 6) is -1.01. The highest BCUT2D eigenvalue weighted by Crippen LogP contribution is 2.46. The van der Waals surface area contributed by atoms with Crippen LogP contribution in [0.5, 0.6) is 0 Å². The summed E-state index contributed by atoms with van der Waals surface area (Å²) >= 11 is 0. The smallest absolute Gasteiger partial charge is 0.331 e. The number of carbonyl (C=O) groups excluding carboxylic acids is 2. The van der Waals surface area contributed by atoms with Crippen LogP contribution < -0.4 is 5.32 Å². The number of benzene rings is 3. The molecular weight excluding hydrogens is 462 g/mol. The lowest BCUT2D eigenvalue weighted by Crippen LogP contribution is -2.46. The molecule has 5 heteroatoms. The molecule has 4 rings (SSSR count). The third-order valence-electron chi connectivity index (χ3n) is 7.12. The van der Waals surface area contributed by atoms with Crippen molar-refractivity contribution in [3.63, 3.8) is 0 Å². The molecule has 194 valence electrons. The van der Waals surface area contributed by atoms with Crippen molar-refractivity contribution in [3.05, 3.63) is 95.6 Å². The van der Waals surface area contributed by atoms with E-state index in [1.54, 1.807) is 24.3 Å². The van der Waals surface area contributed by atoms with Crippen molar-refractivity contribution in [1.82, 2.24) is 5.32 Å². The SMILES string of the molecule is CCCCCCCCOC(=O)C(NC(=O)CC1c2ccccc2-c2ccccc21)C(O)c1ccccc1. The fraction of sp³-hybridized carbons (Fsp3) is 0.375. The van der Waals surface area contributed by atoms with Gasteiger partial charge in [0.2, 0.25) is 5.91 Å². The lowest BCUT2D eigenvalue weighted by Gasteiger charge is -2.24. The molecule has 0 fully saturated rings. The highest BCUT2D eigenvalue weighted by Gasteiger charge is 2.34. The zero-order valence-electron chi connectivity index (χ0n) is 21.6. The molecule has 0 spiro atoms. The summed E-state index contributed by atoms with van der Waals surface area (Å²) in [4.78, 5) is 26.4. The van der Waals surface area contributed by atoms with E-state index in [0.717, 1.165) is 41.5 Å². The number of hydrogen-bond acceptors (Lipinski definition) is 4. The van der Waals surface area contributed by atoms with Crippen molar-refractivity contribution in [2.45, 2.75) is 69.9 Å². The van der Waals surface area contributed by atoms with Gasteiger partial charge in [0.05, 0.1) is 6.61 Å². The highest BCUT2D eigenvalue weighted by atomic mass is 16.5. The lowest BCUT2D eigenvalue weighted by atomic mass is 9.93. The number of aliphatic hydroxyl groups excluding tert-OH is 1. The van der Waals surface area contributed by atoms with Gasteiger partial charge in [-0.15, -0.1) is 0 Å². The molecule has 1 aliphatic carbocycles. The quantitative estimate of drug-likeness (QED) is 0.213. The molecule has 37 heavy (non-hydrogen) atoms. The van der Waals surface area contributed by atoms with Crippen LogP contribution in [0.15, 0.2) is 78.9 Å². The van der Waals surface area contributed by atoms with Gasteiger partial charge < -0.3 is 15.2 Å². The average Bonchev–Trinajstić information content (AvgIpc) is 3.24. The number of unbranched alkanes of at least 4 members (excludes halogenated alkanes) is 5. The molecule has 3 aromatic rings. The molecule has 1 aliphatic rings. The number of rotatable bonds is 13. The summed E-state index contributed by atoms with van der Waals surface area (Å²) in [5, 5.41) is 13.9. The number of amides is 1. The fourth-order valence-corrected chi connectivity index (χ4v) is 5.15. The minimum Gasteiger partial charge on any atom is -0.464 e. The molecule has 0 bridgehead atoms. The molecule has 0 saturated heterocycles. The van der Waals surface area contributed by atoms with Crippen LogP contribution >= 0.6 is 0 Å². The maximum Gasteiger partial charge on any atom is 0.331 e. The molecule has 1 amide bonds. The Balaban J connectivity index is 1.44. The van der Waals surface area contributed by atoms with Gasteiger partial charge in [-0.1, -0.05) is 118 Å². The van der Waals surface area contributed by atoms with Gasteiger partial charge in [-0.3, -0.25) is 4.79 Å². The van der Waals surface area contributed by atoms with E-state index in [2.05, 4.69) is 36.5 Å². The first kappa shape index (κ1) is 26.6. The van der Waals surface area contributed by atoms with E-state index in [1.165, 1.54) is 19.3 Å². The van der Waals surface area contributed by atoms with Crippen LogP contribution in [0.4, 0.5) is 0 Å². The van der Waals surface area contributed by atoms with Crippen LogP contribution in [0.1, 0.15) is 80.6 Å². The third-order valence-corrected chi connectivity index (χ3v) is 7.12. The third kappa shape index (κ3) is 6.66. The van der Waals surface area contributed by atoms with Crippen LogP contribution in [0.2, 0.25) is 0 Å². The monoisotopic (exact) mass is 499 g/mol. The number of esters is 1. The topological polar surface area (TPSA) is 75.6 Å². The Hall–Kier alpha value is -3.44. The number of hydrogen-bond donors (Lipinski definition) is 2. The predicted octanol–water partition coefficient (Wildman–Crippen LogP) is 6.31.